The Labute approximate surface area is 125 Å². The number of benzene rings is 1. The van der Waals surface area contributed by atoms with Gasteiger partial charge in [-0.25, -0.2) is 8.42 Å². The number of fused-ring (bicyclic) bond motifs is 2. The standard InChI is InChI=1S/C14H14F3NO3S/c15-14(16,17)10-3-1-9(2-4-10)5-13(19)18-7-12-6-11(18)8-22(12,20)21/h1-4,11-12H,5-8H2. The maximum Gasteiger partial charge on any atom is 0.416 e. The molecular formula is C14H14F3NO3S. The van der Waals surface area contributed by atoms with Gasteiger partial charge in [-0.1, -0.05) is 12.1 Å². The minimum atomic E-state index is -4.40. The van der Waals surface area contributed by atoms with Crippen molar-refractivity contribution in [1.82, 2.24) is 4.90 Å². The van der Waals surface area contributed by atoms with Crippen molar-refractivity contribution in [2.24, 2.45) is 0 Å². The van der Waals surface area contributed by atoms with E-state index in [1.165, 1.54) is 12.1 Å². The zero-order valence-corrected chi connectivity index (χ0v) is 12.3. The Balaban J connectivity index is 1.66. The number of hydrogen-bond acceptors (Lipinski definition) is 3. The molecule has 2 unspecified atom stereocenters. The molecule has 2 atom stereocenters. The fourth-order valence-electron chi connectivity index (χ4n) is 3.09. The second kappa shape index (κ2) is 4.97. The summed E-state index contributed by atoms with van der Waals surface area (Å²) in [6.45, 7) is 0.201. The van der Waals surface area contributed by atoms with Crippen molar-refractivity contribution in [3.05, 3.63) is 35.4 Å². The summed E-state index contributed by atoms with van der Waals surface area (Å²) in [5, 5.41) is -0.478. The number of carbonyl (C=O) groups is 1. The van der Waals surface area contributed by atoms with Crippen molar-refractivity contribution in [3.63, 3.8) is 0 Å². The second-order valence-corrected chi connectivity index (χ2v) is 8.08. The molecule has 0 radical (unpaired) electrons. The van der Waals surface area contributed by atoms with Gasteiger partial charge < -0.3 is 4.90 Å². The Morgan fingerprint density at radius 1 is 1.23 bits per heavy atom. The number of sulfone groups is 1. The largest absolute Gasteiger partial charge is 0.416 e. The third-order valence-electron chi connectivity index (χ3n) is 4.27. The van der Waals surface area contributed by atoms with Gasteiger partial charge in [-0.3, -0.25) is 4.79 Å². The molecule has 22 heavy (non-hydrogen) atoms. The van der Waals surface area contributed by atoms with E-state index in [0.717, 1.165) is 12.1 Å². The summed E-state index contributed by atoms with van der Waals surface area (Å²) in [4.78, 5) is 13.8. The molecule has 1 aromatic rings. The van der Waals surface area contributed by atoms with Crippen LogP contribution in [0.15, 0.2) is 24.3 Å². The van der Waals surface area contributed by atoms with Gasteiger partial charge in [0.15, 0.2) is 9.84 Å². The number of carbonyl (C=O) groups excluding carboxylic acids is 1. The van der Waals surface area contributed by atoms with Gasteiger partial charge in [0.25, 0.3) is 0 Å². The van der Waals surface area contributed by atoms with Crippen molar-refractivity contribution in [2.75, 3.05) is 12.3 Å². The van der Waals surface area contributed by atoms with Crippen LogP contribution >= 0.6 is 0 Å². The molecule has 0 aromatic heterocycles. The van der Waals surface area contributed by atoms with Crippen LogP contribution in [0.1, 0.15) is 17.5 Å². The van der Waals surface area contributed by atoms with E-state index in [9.17, 15) is 26.4 Å². The molecule has 2 fully saturated rings. The number of likely N-dealkylation sites (tertiary alicyclic amines) is 1. The number of hydrogen-bond donors (Lipinski definition) is 0. The lowest BCUT2D eigenvalue weighted by Gasteiger charge is -2.27. The summed E-state index contributed by atoms with van der Waals surface area (Å²) in [5.74, 6) is -0.238. The highest BCUT2D eigenvalue weighted by Crippen LogP contribution is 2.33. The Morgan fingerprint density at radius 2 is 1.86 bits per heavy atom. The Bertz CT molecular complexity index is 697. The molecule has 1 aromatic carbocycles. The Hall–Kier alpha value is -1.57. The van der Waals surface area contributed by atoms with E-state index in [1.807, 2.05) is 0 Å². The Morgan fingerprint density at radius 3 is 2.32 bits per heavy atom. The minimum Gasteiger partial charge on any atom is -0.337 e. The molecule has 2 heterocycles. The zero-order chi connectivity index (χ0) is 16.1. The van der Waals surface area contributed by atoms with Gasteiger partial charge in [0.1, 0.15) is 0 Å². The number of alkyl halides is 3. The highest BCUT2D eigenvalue weighted by molar-refractivity contribution is 7.92. The van der Waals surface area contributed by atoms with Crippen LogP contribution < -0.4 is 0 Å². The van der Waals surface area contributed by atoms with Gasteiger partial charge in [-0.15, -0.1) is 0 Å². The number of nitrogens with zero attached hydrogens (tertiary/aromatic N) is 1. The summed E-state index contributed by atoms with van der Waals surface area (Å²) in [6, 6.07) is 4.18. The first-order chi connectivity index (χ1) is 10.2. The van der Waals surface area contributed by atoms with E-state index < -0.39 is 26.8 Å². The first-order valence-electron chi connectivity index (χ1n) is 6.84. The maximum absolute atomic E-state index is 12.5. The fraction of sp³-hybridized carbons (Fsp3) is 0.500. The monoisotopic (exact) mass is 333 g/mol. The highest BCUT2D eigenvalue weighted by atomic mass is 32.2. The van der Waals surface area contributed by atoms with Crippen molar-refractivity contribution in [2.45, 2.75) is 30.3 Å². The molecule has 2 bridgehead atoms. The average Bonchev–Trinajstić information content (AvgIpc) is 2.94. The second-order valence-electron chi connectivity index (χ2n) is 5.76. The molecule has 3 rings (SSSR count). The predicted octanol–water partition coefficient (Wildman–Crippen LogP) is 1.65. The molecule has 4 nitrogen and oxygen atoms in total. The van der Waals surface area contributed by atoms with Gasteiger partial charge in [0.05, 0.1) is 23.0 Å². The topological polar surface area (TPSA) is 54.5 Å². The van der Waals surface area contributed by atoms with Crippen LogP contribution in [-0.2, 0) is 27.2 Å². The van der Waals surface area contributed by atoms with Crippen LogP contribution in [0.3, 0.4) is 0 Å². The first kappa shape index (κ1) is 15.3. The fourth-order valence-corrected chi connectivity index (χ4v) is 5.12. The molecule has 2 saturated heterocycles. The third kappa shape index (κ3) is 2.71. The van der Waals surface area contributed by atoms with Crippen LogP contribution in [-0.4, -0.2) is 42.8 Å². The van der Waals surface area contributed by atoms with Crippen molar-refractivity contribution in [1.29, 1.82) is 0 Å². The molecule has 2 aliphatic heterocycles. The molecule has 8 heteroatoms. The van der Waals surface area contributed by atoms with Gasteiger partial charge in [0.2, 0.25) is 5.91 Å². The van der Waals surface area contributed by atoms with E-state index >= 15 is 0 Å². The first-order valence-corrected chi connectivity index (χ1v) is 8.55. The highest BCUT2D eigenvalue weighted by Gasteiger charge is 2.49. The van der Waals surface area contributed by atoms with Gasteiger partial charge >= 0.3 is 6.18 Å². The van der Waals surface area contributed by atoms with E-state index in [4.69, 9.17) is 0 Å². The average molecular weight is 333 g/mol. The summed E-state index contributed by atoms with van der Waals surface area (Å²) in [6.07, 6.45) is -3.94. The van der Waals surface area contributed by atoms with E-state index in [-0.39, 0.29) is 30.7 Å². The molecule has 2 aliphatic rings. The van der Waals surface area contributed by atoms with Crippen LogP contribution in [0.2, 0.25) is 0 Å². The lowest BCUT2D eigenvalue weighted by atomic mass is 10.1. The SMILES string of the molecule is O=C(Cc1ccc(C(F)(F)F)cc1)N1CC2CC1CS2(=O)=O. The maximum atomic E-state index is 12.5. The summed E-state index contributed by atoms with van der Waals surface area (Å²) >= 11 is 0. The predicted molar refractivity (Wildman–Crippen MR) is 72.8 cm³/mol. The summed E-state index contributed by atoms with van der Waals surface area (Å²) in [7, 11) is -3.07. The molecule has 0 spiro atoms. The molecule has 0 aliphatic carbocycles. The molecular weight excluding hydrogens is 319 g/mol. The third-order valence-corrected chi connectivity index (χ3v) is 6.47. The molecule has 120 valence electrons. The molecule has 0 saturated carbocycles. The number of amides is 1. The zero-order valence-electron chi connectivity index (χ0n) is 11.5. The molecule has 1 amide bonds. The van der Waals surface area contributed by atoms with E-state index in [2.05, 4.69) is 0 Å². The summed E-state index contributed by atoms with van der Waals surface area (Å²) < 4.78 is 60.7. The van der Waals surface area contributed by atoms with Gasteiger partial charge in [0, 0.05) is 12.6 Å². The van der Waals surface area contributed by atoms with Crippen LogP contribution in [0.5, 0.6) is 0 Å². The lowest BCUT2D eigenvalue weighted by molar-refractivity contribution is -0.137. The normalized spacial score (nSPS) is 26.4. The van der Waals surface area contributed by atoms with Crippen LogP contribution in [0.25, 0.3) is 0 Å². The van der Waals surface area contributed by atoms with Gasteiger partial charge in [-0.05, 0) is 24.1 Å². The smallest absolute Gasteiger partial charge is 0.337 e. The Kier molecular flexibility index (Phi) is 3.47. The van der Waals surface area contributed by atoms with Crippen LogP contribution in [0.4, 0.5) is 13.2 Å². The van der Waals surface area contributed by atoms with Crippen molar-refractivity contribution < 1.29 is 26.4 Å². The minimum absolute atomic E-state index is 0.00355. The van der Waals surface area contributed by atoms with Gasteiger partial charge in [-0.2, -0.15) is 13.2 Å². The lowest BCUT2D eigenvalue weighted by Crippen LogP contribution is -2.44. The summed E-state index contributed by atoms with van der Waals surface area (Å²) in [5.41, 5.74) is -0.265. The van der Waals surface area contributed by atoms with Crippen LogP contribution in [0, 0.1) is 0 Å². The number of halogens is 3. The van der Waals surface area contributed by atoms with E-state index in [1.54, 1.807) is 4.90 Å². The quantitative estimate of drug-likeness (QED) is 0.827. The molecule has 0 N–H and O–H groups in total. The van der Waals surface area contributed by atoms with Crippen molar-refractivity contribution in [3.8, 4) is 0 Å². The van der Waals surface area contributed by atoms with Crippen molar-refractivity contribution >= 4 is 15.7 Å². The number of rotatable bonds is 2. The van der Waals surface area contributed by atoms with E-state index in [0.29, 0.717) is 12.0 Å².